The van der Waals surface area contributed by atoms with E-state index in [0.717, 1.165) is 12.5 Å². The first-order valence-corrected chi connectivity index (χ1v) is 5.69. The van der Waals surface area contributed by atoms with Crippen LogP contribution in [0.4, 0.5) is 0 Å². The molecule has 1 rings (SSSR count). The van der Waals surface area contributed by atoms with Crippen LogP contribution in [0.1, 0.15) is 33.6 Å². The highest BCUT2D eigenvalue weighted by Gasteiger charge is 2.17. The highest BCUT2D eigenvalue weighted by Crippen LogP contribution is 2.12. The van der Waals surface area contributed by atoms with Crippen molar-refractivity contribution >= 4 is 0 Å². The van der Waals surface area contributed by atoms with E-state index < -0.39 is 0 Å². The largest absolute Gasteiger partial charge is 0.314 e. The number of likely N-dealkylation sites (tertiary alicyclic amines) is 1. The second kappa shape index (κ2) is 5.61. The van der Waals surface area contributed by atoms with Crippen molar-refractivity contribution in [2.45, 2.75) is 39.7 Å². The first kappa shape index (κ1) is 11.0. The normalized spacial score (nSPS) is 23.3. The van der Waals surface area contributed by atoms with Gasteiger partial charge in [0, 0.05) is 12.6 Å². The van der Waals surface area contributed by atoms with Gasteiger partial charge in [0.05, 0.1) is 0 Å². The number of hydrogen-bond donors (Lipinski definition) is 1. The minimum Gasteiger partial charge on any atom is -0.314 e. The van der Waals surface area contributed by atoms with Crippen LogP contribution in [0, 0.1) is 5.92 Å². The van der Waals surface area contributed by atoms with Gasteiger partial charge in [0.1, 0.15) is 0 Å². The molecule has 1 aliphatic heterocycles. The molecule has 13 heavy (non-hydrogen) atoms. The van der Waals surface area contributed by atoms with E-state index in [-0.39, 0.29) is 0 Å². The minimum atomic E-state index is 0.658. The molecule has 0 aromatic heterocycles. The molecule has 1 saturated heterocycles. The Labute approximate surface area is 82.7 Å². The van der Waals surface area contributed by atoms with Gasteiger partial charge < -0.3 is 10.2 Å². The molecule has 1 fully saturated rings. The summed E-state index contributed by atoms with van der Waals surface area (Å²) in [5.74, 6) is 0.776. The molecule has 2 nitrogen and oxygen atoms in total. The SMILES string of the molecule is CCNC(C)C(C)CN1CCCC1. The summed E-state index contributed by atoms with van der Waals surface area (Å²) in [5.41, 5.74) is 0. The van der Waals surface area contributed by atoms with E-state index in [0.29, 0.717) is 6.04 Å². The summed E-state index contributed by atoms with van der Waals surface area (Å²) >= 11 is 0. The molecule has 1 aliphatic rings. The van der Waals surface area contributed by atoms with E-state index >= 15 is 0 Å². The first-order valence-electron chi connectivity index (χ1n) is 5.69. The van der Waals surface area contributed by atoms with Gasteiger partial charge in [-0.05, 0) is 45.3 Å². The maximum absolute atomic E-state index is 3.49. The molecule has 0 spiro atoms. The summed E-state index contributed by atoms with van der Waals surface area (Å²) in [6.45, 7) is 11.8. The third kappa shape index (κ3) is 3.65. The topological polar surface area (TPSA) is 15.3 Å². The van der Waals surface area contributed by atoms with Gasteiger partial charge in [-0.1, -0.05) is 13.8 Å². The number of nitrogens with one attached hydrogen (secondary N) is 1. The Morgan fingerprint density at radius 2 is 1.85 bits per heavy atom. The minimum absolute atomic E-state index is 0.658. The fourth-order valence-electron chi connectivity index (χ4n) is 2.05. The van der Waals surface area contributed by atoms with Gasteiger partial charge in [-0.2, -0.15) is 0 Å². The summed E-state index contributed by atoms with van der Waals surface area (Å²) in [6, 6.07) is 0.658. The van der Waals surface area contributed by atoms with Gasteiger partial charge in [0.25, 0.3) is 0 Å². The summed E-state index contributed by atoms with van der Waals surface area (Å²) in [4.78, 5) is 2.60. The van der Waals surface area contributed by atoms with Crippen LogP contribution in [0.5, 0.6) is 0 Å². The molecule has 2 heteroatoms. The van der Waals surface area contributed by atoms with Gasteiger partial charge in [0.2, 0.25) is 0 Å². The van der Waals surface area contributed by atoms with Gasteiger partial charge in [0.15, 0.2) is 0 Å². The third-order valence-electron chi connectivity index (χ3n) is 3.12. The molecule has 0 aromatic rings. The summed E-state index contributed by atoms with van der Waals surface area (Å²) in [6.07, 6.45) is 2.81. The van der Waals surface area contributed by atoms with Crippen LogP contribution in [0.15, 0.2) is 0 Å². The predicted molar refractivity (Wildman–Crippen MR) is 58.0 cm³/mol. The lowest BCUT2D eigenvalue weighted by Gasteiger charge is -2.25. The maximum atomic E-state index is 3.49. The molecule has 0 radical (unpaired) electrons. The zero-order chi connectivity index (χ0) is 9.68. The molecule has 2 atom stereocenters. The highest BCUT2D eigenvalue weighted by molar-refractivity contribution is 4.74. The van der Waals surface area contributed by atoms with Gasteiger partial charge in [-0.3, -0.25) is 0 Å². The van der Waals surface area contributed by atoms with Crippen LogP contribution < -0.4 is 5.32 Å². The van der Waals surface area contributed by atoms with Crippen LogP contribution in [-0.4, -0.2) is 37.1 Å². The fourth-order valence-corrected chi connectivity index (χ4v) is 2.05. The van der Waals surface area contributed by atoms with Crippen molar-refractivity contribution < 1.29 is 0 Å². The molecule has 0 bridgehead atoms. The number of hydrogen-bond acceptors (Lipinski definition) is 2. The van der Waals surface area contributed by atoms with Crippen molar-refractivity contribution in [1.29, 1.82) is 0 Å². The first-order chi connectivity index (χ1) is 6.24. The average molecular weight is 184 g/mol. The Bertz CT molecular complexity index is 130. The summed E-state index contributed by atoms with van der Waals surface area (Å²) < 4.78 is 0. The van der Waals surface area contributed by atoms with Crippen molar-refractivity contribution in [3.05, 3.63) is 0 Å². The van der Waals surface area contributed by atoms with Crippen molar-refractivity contribution in [2.75, 3.05) is 26.2 Å². The molecular formula is C11H24N2. The van der Waals surface area contributed by atoms with Crippen LogP contribution in [0.2, 0.25) is 0 Å². The highest BCUT2D eigenvalue weighted by atomic mass is 15.1. The smallest absolute Gasteiger partial charge is 0.00764 e. The van der Waals surface area contributed by atoms with E-state index in [4.69, 9.17) is 0 Å². The quantitative estimate of drug-likeness (QED) is 0.700. The van der Waals surface area contributed by atoms with E-state index in [9.17, 15) is 0 Å². The fraction of sp³-hybridized carbons (Fsp3) is 1.00. The van der Waals surface area contributed by atoms with E-state index in [1.54, 1.807) is 0 Å². The molecule has 2 unspecified atom stereocenters. The molecule has 0 aromatic carbocycles. The lowest BCUT2D eigenvalue weighted by Crippen LogP contribution is -2.38. The lowest BCUT2D eigenvalue weighted by molar-refractivity contribution is 0.254. The van der Waals surface area contributed by atoms with Gasteiger partial charge in [-0.25, -0.2) is 0 Å². The molecule has 0 aliphatic carbocycles. The molecule has 0 saturated carbocycles. The van der Waals surface area contributed by atoms with E-state index in [1.165, 1.54) is 32.5 Å². The lowest BCUT2D eigenvalue weighted by atomic mass is 10.0. The summed E-state index contributed by atoms with van der Waals surface area (Å²) in [7, 11) is 0. The predicted octanol–water partition coefficient (Wildman–Crippen LogP) is 1.72. The van der Waals surface area contributed by atoms with Crippen molar-refractivity contribution in [2.24, 2.45) is 5.92 Å². The Hall–Kier alpha value is -0.0800. The van der Waals surface area contributed by atoms with Gasteiger partial charge in [-0.15, -0.1) is 0 Å². The molecule has 1 heterocycles. The standard InChI is InChI=1S/C11H24N2/c1-4-12-11(3)10(2)9-13-7-5-6-8-13/h10-12H,4-9H2,1-3H3. The zero-order valence-corrected chi connectivity index (χ0v) is 9.34. The van der Waals surface area contributed by atoms with Crippen molar-refractivity contribution in [3.8, 4) is 0 Å². The van der Waals surface area contributed by atoms with Crippen molar-refractivity contribution in [1.82, 2.24) is 10.2 Å². The van der Waals surface area contributed by atoms with Crippen LogP contribution >= 0.6 is 0 Å². The van der Waals surface area contributed by atoms with Crippen LogP contribution in [-0.2, 0) is 0 Å². The maximum Gasteiger partial charge on any atom is 0.00764 e. The second-order valence-electron chi connectivity index (χ2n) is 4.33. The monoisotopic (exact) mass is 184 g/mol. The molecule has 0 amide bonds. The van der Waals surface area contributed by atoms with Crippen molar-refractivity contribution in [3.63, 3.8) is 0 Å². The number of rotatable bonds is 5. The van der Waals surface area contributed by atoms with E-state index in [2.05, 4.69) is 31.0 Å². The van der Waals surface area contributed by atoms with Crippen LogP contribution in [0.3, 0.4) is 0 Å². The molecular weight excluding hydrogens is 160 g/mol. The molecule has 1 N–H and O–H groups in total. The third-order valence-corrected chi connectivity index (χ3v) is 3.12. The zero-order valence-electron chi connectivity index (χ0n) is 9.34. The Morgan fingerprint density at radius 1 is 1.23 bits per heavy atom. The summed E-state index contributed by atoms with van der Waals surface area (Å²) in [5, 5.41) is 3.49. The Balaban J connectivity index is 2.18. The molecule has 78 valence electrons. The van der Waals surface area contributed by atoms with Crippen LogP contribution in [0.25, 0.3) is 0 Å². The van der Waals surface area contributed by atoms with Gasteiger partial charge >= 0.3 is 0 Å². The number of nitrogens with zero attached hydrogens (tertiary/aromatic N) is 1. The second-order valence-corrected chi connectivity index (χ2v) is 4.33. The Kier molecular flexibility index (Phi) is 4.74. The average Bonchev–Trinajstić information content (AvgIpc) is 2.57. The van der Waals surface area contributed by atoms with E-state index in [1.807, 2.05) is 0 Å². The Morgan fingerprint density at radius 3 is 2.38 bits per heavy atom.